The number of methoxy groups -OCH3 is 2. The van der Waals surface area contributed by atoms with Crippen LogP contribution in [0.15, 0.2) is 12.1 Å². The summed E-state index contributed by atoms with van der Waals surface area (Å²) < 4.78 is 10.4. The van der Waals surface area contributed by atoms with Crippen LogP contribution < -0.4 is 14.8 Å². The SMILES string of the molecule is COc1cc(Cl)c(NC(=O)CCN2CCCCC2)cc1OC. The summed E-state index contributed by atoms with van der Waals surface area (Å²) in [6.45, 7) is 2.96. The summed E-state index contributed by atoms with van der Waals surface area (Å²) in [6.07, 6.45) is 4.21. The predicted molar refractivity (Wildman–Crippen MR) is 88.1 cm³/mol. The van der Waals surface area contributed by atoms with Gasteiger partial charge in [0.05, 0.1) is 24.9 Å². The van der Waals surface area contributed by atoms with E-state index in [0.717, 1.165) is 19.6 Å². The fraction of sp³-hybridized carbons (Fsp3) is 0.562. The third kappa shape index (κ3) is 4.52. The average molecular weight is 327 g/mol. The highest BCUT2D eigenvalue weighted by Gasteiger charge is 2.14. The number of carbonyl (C=O) groups excluding carboxylic acids is 1. The molecule has 1 aliphatic heterocycles. The van der Waals surface area contributed by atoms with Crippen molar-refractivity contribution in [2.75, 3.05) is 39.2 Å². The Hall–Kier alpha value is -1.46. The highest BCUT2D eigenvalue weighted by atomic mass is 35.5. The van der Waals surface area contributed by atoms with Crippen molar-refractivity contribution in [3.63, 3.8) is 0 Å². The lowest BCUT2D eigenvalue weighted by atomic mass is 10.1. The fourth-order valence-corrected chi connectivity index (χ4v) is 2.81. The van der Waals surface area contributed by atoms with E-state index in [0.29, 0.717) is 28.6 Å². The van der Waals surface area contributed by atoms with E-state index in [2.05, 4.69) is 10.2 Å². The summed E-state index contributed by atoms with van der Waals surface area (Å²) in [5, 5.41) is 3.28. The molecule has 1 saturated heterocycles. The van der Waals surface area contributed by atoms with Crippen molar-refractivity contribution in [2.45, 2.75) is 25.7 Å². The summed E-state index contributed by atoms with van der Waals surface area (Å²) in [4.78, 5) is 14.4. The summed E-state index contributed by atoms with van der Waals surface area (Å²) >= 11 is 6.17. The molecule has 0 spiro atoms. The lowest BCUT2D eigenvalue weighted by Gasteiger charge is -2.26. The summed E-state index contributed by atoms with van der Waals surface area (Å²) in [5.41, 5.74) is 0.544. The first kappa shape index (κ1) is 16.9. The van der Waals surface area contributed by atoms with Gasteiger partial charge in [0, 0.05) is 25.1 Å². The maximum absolute atomic E-state index is 12.1. The molecule has 2 rings (SSSR count). The Kier molecular flexibility index (Phi) is 6.34. The van der Waals surface area contributed by atoms with Crippen molar-refractivity contribution in [2.24, 2.45) is 0 Å². The van der Waals surface area contributed by atoms with Gasteiger partial charge in [-0.25, -0.2) is 0 Å². The van der Waals surface area contributed by atoms with Crippen LogP contribution in [-0.4, -0.2) is 44.7 Å². The van der Waals surface area contributed by atoms with Crippen LogP contribution in [0.4, 0.5) is 5.69 Å². The normalized spacial score (nSPS) is 15.4. The Morgan fingerprint density at radius 1 is 1.18 bits per heavy atom. The molecular weight excluding hydrogens is 304 g/mol. The first-order valence-corrected chi connectivity index (χ1v) is 7.95. The van der Waals surface area contributed by atoms with Crippen molar-refractivity contribution in [1.82, 2.24) is 4.90 Å². The van der Waals surface area contributed by atoms with Crippen LogP contribution in [0.25, 0.3) is 0 Å². The molecule has 1 N–H and O–H groups in total. The molecule has 1 aromatic rings. The van der Waals surface area contributed by atoms with Gasteiger partial charge < -0.3 is 19.7 Å². The molecule has 0 aromatic heterocycles. The number of rotatable bonds is 6. The predicted octanol–water partition coefficient (Wildman–Crippen LogP) is 3.17. The van der Waals surface area contributed by atoms with Crippen LogP contribution in [0.2, 0.25) is 5.02 Å². The number of benzene rings is 1. The summed E-state index contributed by atoms with van der Waals surface area (Å²) in [7, 11) is 3.10. The number of hydrogen-bond donors (Lipinski definition) is 1. The first-order valence-electron chi connectivity index (χ1n) is 7.57. The van der Waals surface area contributed by atoms with E-state index in [1.54, 1.807) is 26.4 Å². The van der Waals surface area contributed by atoms with Gasteiger partial charge in [-0.2, -0.15) is 0 Å². The lowest BCUT2D eigenvalue weighted by molar-refractivity contribution is -0.116. The molecule has 1 amide bonds. The van der Waals surface area contributed by atoms with E-state index in [9.17, 15) is 4.79 Å². The standard InChI is InChI=1S/C16H23ClN2O3/c1-21-14-10-12(17)13(11-15(14)22-2)18-16(20)6-9-19-7-4-3-5-8-19/h10-11H,3-9H2,1-2H3,(H,18,20). The number of likely N-dealkylation sites (tertiary alicyclic amines) is 1. The zero-order chi connectivity index (χ0) is 15.9. The molecule has 1 aromatic carbocycles. The number of hydrogen-bond acceptors (Lipinski definition) is 4. The minimum Gasteiger partial charge on any atom is -0.493 e. The monoisotopic (exact) mass is 326 g/mol. The minimum atomic E-state index is -0.0420. The zero-order valence-electron chi connectivity index (χ0n) is 13.2. The van der Waals surface area contributed by atoms with Gasteiger partial charge in [0.25, 0.3) is 0 Å². The van der Waals surface area contributed by atoms with Crippen molar-refractivity contribution < 1.29 is 14.3 Å². The number of nitrogens with zero attached hydrogens (tertiary/aromatic N) is 1. The van der Waals surface area contributed by atoms with Gasteiger partial charge in [-0.15, -0.1) is 0 Å². The van der Waals surface area contributed by atoms with Crippen LogP contribution in [0.5, 0.6) is 11.5 Å². The van der Waals surface area contributed by atoms with Crippen LogP contribution in [0.3, 0.4) is 0 Å². The second-order valence-electron chi connectivity index (χ2n) is 5.39. The van der Waals surface area contributed by atoms with Gasteiger partial charge in [-0.05, 0) is 25.9 Å². The number of amides is 1. The van der Waals surface area contributed by atoms with Gasteiger partial charge in [0.1, 0.15) is 0 Å². The van der Waals surface area contributed by atoms with E-state index < -0.39 is 0 Å². The van der Waals surface area contributed by atoms with Crippen molar-refractivity contribution >= 4 is 23.2 Å². The van der Waals surface area contributed by atoms with Gasteiger partial charge in [-0.3, -0.25) is 4.79 Å². The van der Waals surface area contributed by atoms with E-state index in [-0.39, 0.29) is 5.91 Å². The second kappa shape index (κ2) is 8.25. The molecule has 0 aliphatic carbocycles. The lowest BCUT2D eigenvalue weighted by Crippen LogP contribution is -2.32. The molecule has 6 heteroatoms. The Labute approximate surface area is 136 Å². The van der Waals surface area contributed by atoms with Crippen LogP contribution >= 0.6 is 11.6 Å². The minimum absolute atomic E-state index is 0.0420. The Balaban J connectivity index is 1.93. The molecule has 1 fully saturated rings. The molecule has 0 unspecified atom stereocenters. The Morgan fingerprint density at radius 3 is 2.45 bits per heavy atom. The number of carbonyl (C=O) groups is 1. The van der Waals surface area contributed by atoms with E-state index in [1.165, 1.54) is 19.3 Å². The van der Waals surface area contributed by atoms with Crippen LogP contribution in [0.1, 0.15) is 25.7 Å². The number of nitrogens with one attached hydrogen (secondary N) is 1. The van der Waals surface area contributed by atoms with Gasteiger partial charge >= 0.3 is 0 Å². The van der Waals surface area contributed by atoms with Crippen molar-refractivity contribution in [3.8, 4) is 11.5 Å². The molecular formula is C16H23ClN2O3. The van der Waals surface area contributed by atoms with Crippen molar-refractivity contribution in [3.05, 3.63) is 17.2 Å². The molecule has 1 aliphatic rings. The molecule has 5 nitrogen and oxygen atoms in total. The van der Waals surface area contributed by atoms with Gasteiger partial charge in [0.2, 0.25) is 5.91 Å². The molecule has 0 atom stereocenters. The molecule has 0 saturated carbocycles. The largest absolute Gasteiger partial charge is 0.493 e. The van der Waals surface area contributed by atoms with E-state index in [1.807, 2.05) is 0 Å². The number of piperidine rings is 1. The highest BCUT2D eigenvalue weighted by molar-refractivity contribution is 6.34. The average Bonchev–Trinajstić information content (AvgIpc) is 2.55. The number of ether oxygens (including phenoxy) is 2. The van der Waals surface area contributed by atoms with Crippen molar-refractivity contribution in [1.29, 1.82) is 0 Å². The van der Waals surface area contributed by atoms with Crippen LogP contribution in [0, 0.1) is 0 Å². The quantitative estimate of drug-likeness (QED) is 0.872. The third-order valence-corrected chi connectivity index (χ3v) is 4.16. The summed E-state index contributed by atoms with van der Waals surface area (Å²) in [5.74, 6) is 1.04. The molecule has 0 radical (unpaired) electrons. The van der Waals surface area contributed by atoms with E-state index in [4.69, 9.17) is 21.1 Å². The molecule has 1 heterocycles. The molecule has 0 bridgehead atoms. The van der Waals surface area contributed by atoms with Gasteiger partial charge in [0.15, 0.2) is 11.5 Å². The van der Waals surface area contributed by atoms with Gasteiger partial charge in [-0.1, -0.05) is 18.0 Å². The van der Waals surface area contributed by atoms with E-state index >= 15 is 0 Å². The highest BCUT2D eigenvalue weighted by Crippen LogP contribution is 2.36. The maximum atomic E-state index is 12.1. The fourth-order valence-electron chi connectivity index (χ4n) is 2.61. The number of anilines is 1. The van der Waals surface area contributed by atoms with Crippen LogP contribution in [-0.2, 0) is 4.79 Å². The zero-order valence-corrected chi connectivity index (χ0v) is 13.9. The number of halogens is 1. The molecule has 22 heavy (non-hydrogen) atoms. The second-order valence-corrected chi connectivity index (χ2v) is 5.79. The first-order chi connectivity index (χ1) is 10.6. The topological polar surface area (TPSA) is 50.8 Å². The Morgan fingerprint density at radius 2 is 1.82 bits per heavy atom. The maximum Gasteiger partial charge on any atom is 0.225 e. The Bertz CT molecular complexity index is 516. The third-order valence-electron chi connectivity index (χ3n) is 3.85. The smallest absolute Gasteiger partial charge is 0.225 e. The molecule has 122 valence electrons. The summed E-state index contributed by atoms with van der Waals surface area (Å²) in [6, 6.07) is 3.32.